The second kappa shape index (κ2) is 12.2. The first-order valence-corrected chi connectivity index (χ1v) is 13.3. The van der Waals surface area contributed by atoms with Crippen molar-refractivity contribution in [2.45, 2.75) is 26.3 Å². The zero-order chi connectivity index (χ0) is 28.1. The van der Waals surface area contributed by atoms with Crippen molar-refractivity contribution in [2.24, 2.45) is 0 Å². The zero-order valence-electron chi connectivity index (χ0n) is 22.5. The molecule has 0 aliphatic heterocycles. The predicted molar refractivity (Wildman–Crippen MR) is 156 cm³/mol. The molecule has 1 heterocycles. The number of methoxy groups -OCH3 is 3. The minimum Gasteiger partial charge on any atom is -0.497 e. The number of hydrogen-bond donors (Lipinski definition) is 1. The molecular formula is C29H31BrN4O5. The summed E-state index contributed by atoms with van der Waals surface area (Å²) in [4.78, 5) is 34.2. The number of benzene rings is 3. The number of urea groups is 1. The Morgan fingerprint density at radius 2 is 1.72 bits per heavy atom. The van der Waals surface area contributed by atoms with Crippen LogP contribution < -0.4 is 25.1 Å². The van der Waals surface area contributed by atoms with Gasteiger partial charge in [-0.2, -0.15) is 0 Å². The van der Waals surface area contributed by atoms with E-state index < -0.39 is 6.04 Å². The third kappa shape index (κ3) is 5.56. The van der Waals surface area contributed by atoms with E-state index in [2.05, 4.69) is 21.2 Å². The molecule has 4 aromatic rings. The lowest BCUT2D eigenvalue weighted by Gasteiger charge is -2.31. The van der Waals surface area contributed by atoms with E-state index in [9.17, 15) is 9.59 Å². The Labute approximate surface area is 235 Å². The fourth-order valence-electron chi connectivity index (χ4n) is 4.44. The van der Waals surface area contributed by atoms with E-state index in [1.807, 2.05) is 32.0 Å². The van der Waals surface area contributed by atoms with Crippen molar-refractivity contribution >= 4 is 38.6 Å². The number of carbonyl (C=O) groups excluding carboxylic acids is 1. The first-order valence-electron chi connectivity index (χ1n) is 12.5. The monoisotopic (exact) mass is 594 g/mol. The summed E-state index contributed by atoms with van der Waals surface area (Å²) in [7, 11) is 4.64. The van der Waals surface area contributed by atoms with Crippen molar-refractivity contribution in [3.8, 4) is 22.9 Å². The summed E-state index contributed by atoms with van der Waals surface area (Å²) in [6.07, 6.45) is 0.693. The molecule has 3 aromatic carbocycles. The molecule has 0 spiro atoms. The molecule has 1 N–H and O–H groups in total. The minimum atomic E-state index is -0.596. The van der Waals surface area contributed by atoms with Crippen molar-refractivity contribution in [3.63, 3.8) is 0 Å². The normalized spacial score (nSPS) is 11.6. The fourth-order valence-corrected chi connectivity index (χ4v) is 5.00. The molecule has 10 heteroatoms. The maximum Gasteiger partial charge on any atom is 0.322 e. The first kappa shape index (κ1) is 28.0. The van der Waals surface area contributed by atoms with Crippen molar-refractivity contribution in [2.75, 3.05) is 33.2 Å². The minimum absolute atomic E-state index is 0.278. The molecule has 1 aromatic heterocycles. The summed E-state index contributed by atoms with van der Waals surface area (Å²) in [6, 6.07) is 16.9. The number of fused-ring (bicyclic) bond motifs is 1. The van der Waals surface area contributed by atoms with Gasteiger partial charge in [-0.05, 0) is 53.5 Å². The Bertz CT molecular complexity index is 1550. The standard InChI is InChI=1S/C29H31BrN4O5/c1-6-15-33(29(36)32-22-13-9-10-14-24(22)38-4)18(2)27-31-21-12-8-7-11-20(21)28(35)34(27)23-16-19(37-3)17-25(39-5)26(23)30/h7-14,16-18H,6,15H2,1-5H3,(H,32,36). The summed E-state index contributed by atoms with van der Waals surface area (Å²) in [5, 5.41) is 3.40. The Kier molecular flexibility index (Phi) is 8.75. The summed E-state index contributed by atoms with van der Waals surface area (Å²) in [5.41, 5.74) is 1.29. The van der Waals surface area contributed by atoms with Gasteiger partial charge in [0, 0.05) is 18.7 Å². The van der Waals surface area contributed by atoms with Gasteiger partial charge in [-0.15, -0.1) is 0 Å². The fraction of sp³-hybridized carbons (Fsp3) is 0.276. The molecule has 0 aliphatic carbocycles. The molecule has 9 nitrogen and oxygen atoms in total. The molecule has 0 saturated heterocycles. The smallest absolute Gasteiger partial charge is 0.322 e. The van der Waals surface area contributed by atoms with Crippen LogP contribution in [-0.2, 0) is 0 Å². The Morgan fingerprint density at radius 1 is 1.03 bits per heavy atom. The van der Waals surface area contributed by atoms with Gasteiger partial charge in [0.2, 0.25) is 0 Å². The van der Waals surface area contributed by atoms with Gasteiger partial charge in [0.1, 0.15) is 23.1 Å². The molecule has 4 rings (SSSR count). The van der Waals surface area contributed by atoms with Gasteiger partial charge >= 0.3 is 6.03 Å². The van der Waals surface area contributed by atoms with Crippen LogP contribution in [0, 0.1) is 0 Å². The van der Waals surface area contributed by atoms with E-state index in [-0.39, 0.29) is 11.6 Å². The maximum absolute atomic E-state index is 14.0. The van der Waals surface area contributed by atoms with Gasteiger partial charge in [0.15, 0.2) is 0 Å². The number of ether oxygens (including phenoxy) is 3. The number of aromatic nitrogens is 2. The van der Waals surface area contributed by atoms with Gasteiger partial charge < -0.3 is 24.4 Å². The third-order valence-electron chi connectivity index (χ3n) is 6.41. The van der Waals surface area contributed by atoms with E-state index in [4.69, 9.17) is 19.2 Å². The summed E-state index contributed by atoms with van der Waals surface area (Å²) in [6.45, 7) is 4.27. The number of hydrogen-bond acceptors (Lipinski definition) is 6. The molecule has 0 aliphatic rings. The van der Waals surface area contributed by atoms with Crippen LogP contribution in [0.3, 0.4) is 0 Å². The highest BCUT2D eigenvalue weighted by Gasteiger charge is 2.28. The van der Waals surface area contributed by atoms with Gasteiger partial charge in [-0.3, -0.25) is 9.36 Å². The molecule has 204 valence electrons. The van der Waals surface area contributed by atoms with Gasteiger partial charge in [-0.25, -0.2) is 9.78 Å². The first-order chi connectivity index (χ1) is 18.8. The van der Waals surface area contributed by atoms with Crippen LogP contribution in [0.5, 0.6) is 17.2 Å². The number of para-hydroxylation sites is 3. The quantitative estimate of drug-likeness (QED) is 0.249. The van der Waals surface area contributed by atoms with Crippen LogP contribution in [0.1, 0.15) is 32.1 Å². The third-order valence-corrected chi connectivity index (χ3v) is 7.20. The summed E-state index contributed by atoms with van der Waals surface area (Å²) < 4.78 is 18.5. The number of carbonyl (C=O) groups is 1. The van der Waals surface area contributed by atoms with Crippen molar-refractivity contribution < 1.29 is 19.0 Å². The molecule has 1 atom stereocenters. The van der Waals surface area contributed by atoms with Gasteiger partial charge in [-0.1, -0.05) is 31.2 Å². The zero-order valence-corrected chi connectivity index (χ0v) is 24.1. The number of amides is 2. The Balaban J connectivity index is 1.91. The number of nitrogens with one attached hydrogen (secondary N) is 1. The van der Waals surface area contributed by atoms with Crippen LogP contribution in [0.25, 0.3) is 16.6 Å². The SMILES string of the molecule is CCCN(C(=O)Nc1ccccc1OC)C(C)c1nc2ccccc2c(=O)n1-c1cc(OC)cc(OC)c1Br. The molecule has 39 heavy (non-hydrogen) atoms. The van der Waals surface area contributed by atoms with Crippen molar-refractivity contribution in [3.05, 3.63) is 81.3 Å². The largest absolute Gasteiger partial charge is 0.497 e. The van der Waals surface area contributed by atoms with Crippen LogP contribution in [0.2, 0.25) is 0 Å². The highest BCUT2D eigenvalue weighted by atomic mass is 79.9. The molecular weight excluding hydrogens is 564 g/mol. The van der Waals surface area contributed by atoms with Gasteiger partial charge in [0.25, 0.3) is 5.56 Å². The van der Waals surface area contributed by atoms with Crippen molar-refractivity contribution in [1.29, 1.82) is 0 Å². The Hall–Kier alpha value is -4.05. The number of rotatable bonds is 9. The van der Waals surface area contributed by atoms with Gasteiger partial charge in [0.05, 0.1) is 54.1 Å². The Morgan fingerprint density at radius 3 is 2.41 bits per heavy atom. The lowest BCUT2D eigenvalue weighted by Crippen LogP contribution is -2.40. The van der Waals surface area contributed by atoms with E-state index in [1.54, 1.807) is 68.7 Å². The number of anilines is 1. The van der Waals surface area contributed by atoms with E-state index in [0.29, 0.717) is 62.8 Å². The molecule has 1 unspecified atom stereocenters. The predicted octanol–water partition coefficient (Wildman–Crippen LogP) is 6.18. The van der Waals surface area contributed by atoms with E-state index in [0.717, 1.165) is 0 Å². The lowest BCUT2D eigenvalue weighted by atomic mass is 10.1. The molecule has 0 bridgehead atoms. The highest BCUT2D eigenvalue weighted by molar-refractivity contribution is 9.10. The van der Waals surface area contributed by atoms with Crippen LogP contribution >= 0.6 is 15.9 Å². The molecule has 0 fully saturated rings. The lowest BCUT2D eigenvalue weighted by molar-refractivity contribution is 0.189. The summed E-state index contributed by atoms with van der Waals surface area (Å²) in [5.74, 6) is 1.92. The van der Waals surface area contributed by atoms with Crippen LogP contribution in [0.4, 0.5) is 10.5 Å². The summed E-state index contributed by atoms with van der Waals surface area (Å²) >= 11 is 3.61. The molecule has 2 amide bonds. The van der Waals surface area contributed by atoms with Crippen LogP contribution in [-0.4, -0.2) is 48.4 Å². The van der Waals surface area contributed by atoms with E-state index in [1.165, 1.54) is 4.57 Å². The molecule has 0 saturated carbocycles. The maximum atomic E-state index is 14.0. The molecule has 0 radical (unpaired) electrons. The van der Waals surface area contributed by atoms with Crippen LogP contribution in [0.15, 0.2) is 69.9 Å². The topological polar surface area (TPSA) is 94.9 Å². The average Bonchev–Trinajstić information content (AvgIpc) is 2.96. The van der Waals surface area contributed by atoms with E-state index >= 15 is 0 Å². The van der Waals surface area contributed by atoms with Crippen molar-refractivity contribution in [1.82, 2.24) is 14.5 Å². The highest BCUT2D eigenvalue weighted by Crippen LogP contribution is 2.37. The second-order valence-corrected chi connectivity index (χ2v) is 9.58. The average molecular weight is 595 g/mol. The number of nitrogens with zero attached hydrogens (tertiary/aromatic N) is 3. The second-order valence-electron chi connectivity index (χ2n) is 8.79. The number of halogens is 1.